The normalized spacial score (nSPS) is 14.7. The molecule has 1 aliphatic heterocycles. The monoisotopic (exact) mass is 288 g/mol. The van der Waals surface area contributed by atoms with Gasteiger partial charge in [-0.3, -0.25) is 0 Å². The molecule has 110 valence electrons. The number of rotatable bonds is 3. The highest BCUT2D eigenvalue weighted by Crippen LogP contribution is 1.99. The lowest BCUT2D eigenvalue weighted by Crippen LogP contribution is -2.55. The highest BCUT2D eigenvalue weighted by Gasteiger charge is 2.20. The van der Waals surface area contributed by atoms with Crippen LogP contribution in [0, 0.1) is 6.92 Å². The molecule has 0 fully saturated rings. The molecule has 1 aromatic rings. The van der Waals surface area contributed by atoms with E-state index in [1.165, 1.54) is 6.21 Å². The highest BCUT2D eigenvalue weighted by molar-refractivity contribution is 5.92. The van der Waals surface area contributed by atoms with Gasteiger partial charge in [-0.05, 0) is 19.4 Å². The third kappa shape index (κ3) is 4.30. The summed E-state index contributed by atoms with van der Waals surface area (Å²) >= 11 is 0. The Labute approximate surface area is 121 Å². The number of aryl methyl sites for hydroxylation is 1. The maximum absolute atomic E-state index is 11.6. The van der Waals surface area contributed by atoms with E-state index in [9.17, 15) is 9.59 Å². The van der Waals surface area contributed by atoms with Crippen LogP contribution in [-0.4, -0.2) is 35.5 Å². The highest BCUT2D eigenvalue weighted by atomic mass is 16.2. The van der Waals surface area contributed by atoms with E-state index in [1.807, 2.05) is 31.2 Å². The van der Waals surface area contributed by atoms with E-state index >= 15 is 0 Å². The van der Waals surface area contributed by atoms with Gasteiger partial charge in [0.25, 0.3) is 0 Å². The maximum Gasteiger partial charge on any atom is 0.356 e. The van der Waals surface area contributed by atoms with Crippen LogP contribution in [0.1, 0.15) is 18.1 Å². The fourth-order valence-corrected chi connectivity index (χ4v) is 1.60. The molecule has 3 N–H and O–H groups in total. The zero-order chi connectivity index (χ0) is 15.2. The largest absolute Gasteiger partial charge is 0.356 e. The number of carbonyl (C=O) groups excluding carboxylic acids is 2. The Morgan fingerprint density at radius 3 is 2.81 bits per heavy atom. The van der Waals surface area contributed by atoms with Crippen LogP contribution in [0.15, 0.2) is 34.5 Å². The first kappa shape index (κ1) is 14.5. The smallest absolute Gasteiger partial charge is 0.245 e. The molecule has 4 amide bonds. The van der Waals surface area contributed by atoms with Gasteiger partial charge in [0, 0.05) is 0 Å². The molecule has 0 atom stereocenters. The molecule has 0 bridgehead atoms. The van der Waals surface area contributed by atoms with Gasteiger partial charge in [-0.25, -0.2) is 30.9 Å². The Morgan fingerprint density at radius 2 is 2.10 bits per heavy atom. The van der Waals surface area contributed by atoms with E-state index in [2.05, 4.69) is 26.5 Å². The van der Waals surface area contributed by atoms with Crippen LogP contribution in [-0.2, 0) is 0 Å². The lowest BCUT2D eigenvalue weighted by molar-refractivity contribution is 0.173. The van der Waals surface area contributed by atoms with E-state index in [0.717, 1.165) is 16.1 Å². The fraction of sp³-hybridized carbons (Fsp3) is 0.231. The number of amides is 4. The molecule has 8 heteroatoms. The minimum atomic E-state index is -0.608. The summed E-state index contributed by atoms with van der Waals surface area (Å²) in [5, 5.41) is 8.67. The Hall–Kier alpha value is -2.90. The molecule has 0 saturated heterocycles. The number of hydrazone groups is 2. The molecule has 1 aromatic carbocycles. The average Bonchev–Trinajstić information content (AvgIpc) is 2.45. The molecule has 0 spiro atoms. The number of nitrogens with one attached hydrogen (secondary N) is 3. The van der Waals surface area contributed by atoms with Crippen LogP contribution in [0.25, 0.3) is 0 Å². The van der Waals surface area contributed by atoms with Crippen LogP contribution >= 0.6 is 0 Å². The standard InChI is InChI=1S/C13H16N6O2/c1-9-3-5-11(6-4-9)7-14-16-12(20)18-19-8-10(2)15-17-13(19)21/h3-7H,8H2,1-2H3,(H,17,21)(H2,16,18,20)/b14-7+. The minimum Gasteiger partial charge on any atom is -0.245 e. The summed E-state index contributed by atoms with van der Waals surface area (Å²) in [4.78, 5) is 23.0. The van der Waals surface area contributed by atoms with Gasteiger partial charge in [0.05, 0.1) is 18.5 Å². The van der Waals surface area contributed by atoms with Crippen molar-refractivity contribution in [2.75, 3.05) is 6.54 Å². The first-order chi connectivity index (χ1) is 10.0. The van der Waals surface area contributed by atoms with E-state index in [1.54, 1.807) is 6.92 Å². The van der Waals surface area contributed by atoms with Crippen LogP contribution in [0.2, 0.25) is 0 Å². The average molecular weight is 288 g/mol. The lowest BCUT2D eigenvalue weighted by atomic mass is 10.2. The van der Waals surface area contributed by atoms with Crippen LogP contribution in [0.4, 0.5) is 9.59 Å². The summed E-state index contributed by atoms with van der Waals surface area (Å²) in [6, 6.07) is 6.55. The summed E-state index contributed by atoms with van der Waals surface area (Å²) in [6.07, 6.45) is 1.52. The first-order valence-electron chi connectivity index (χ1n) is 6.31. The number of urea groups is 2. The van der Waals surface area contributed by atoms with Gasteiger partial charge in [0.15, 0.2) is 0 Å². The van der Waals surface area contributed by atoms with Gasteiger partial charge >= 0.3 is 12.1 Å². The van der Waals surface area contributed by atoms with Gasteiger partial charge in [-0.1, -0.05) is 29.8 Å². The van der Waals surface area contributed by atoms with Gasteiger partial charge < -0.3 is 0 Å². The first-order valence-corrected chi connectivity index (χ1v) is 6.31. The Bertz CT molecular complexity index is 593. The molecule has 0 aliphatic carbocycles. The van der Waals surface area contributed by atoms with E-state index in [-0.39, 0.29) is 6.54 Å². The number of hydrogen-bond acceptors (Lipinski definition) is 4. The van der Waals surface area contributed by atoms with Crippen molar-refractivity contribution < 1.29 is 9.59 Å². The minimum absolute atomic E-state index is 0.223. The van der Waals surface area contributed by atoms with Crippen LogP contribution in [0.5, 0.6) is 0 Å². The second-order valence-corrected chi connectivity index (χ2v) is 4.57. The topological polar surface area (TPSA) is 98.2 Å². The third-order valence-electron chi connectivity index (χ3n) is 2.67. The fourth-order valence-electron chi connectivity index (χ4n) is 1.60. The van der Waals surface area contributed by atoms with Crippen molar-refractivity contribution in [1.82, 2.24) is 21.3 Å². The molecule has 0 saturated carbocycles. The van der Waals surface area contributed by atoms with Crippen molar-refractivity contribution in [3.05, 3.63) is 35.4 Å². The van der Waals surface area contributed by atoms with Gasteiger partial charge in [-0.2, -0.15) is 10.2 Å². The molecule has 8 nitrogen and oxygen atoms in total. The van der Waals surface area contributed by atoms with Gasteiger partial charge in [-0.15, -0.1) is 0 Å². The van der Waals surface area contributed by atoms with Crippen molar-refractivity contribution in [2.24, 2.45) is 10.2 Å². The predicted octanol–water partition coefficient (Wildman–Crippen LogP) is 0.944. The number of carbonyl (C=O) groups is 2. The molecule has 0 radical (unpaired) electrons. The van der Waals surface area contributed by atoms with Crippen molar-refractivity contribution in [3.8, 4) is 0 Å². The number of nitrogens with zero attached hydrogens (tertiary/aromatic N) is 3. The van der Waals surface area contributed by atoms with Crippen molar-refractivity contribution >= 4 is 24.0 Å². The summed E-state index contributed by atoms with van der Waals surface area (Å²) in [5.41, 5.74) is 9.61. The molecule has 1 heterocycles. The number of benzene rings is 1. The summed E-state index contributed by atoms with van der Waals surface area (Å²) in [7, 11) is 0. The van der Waals surface area contributed by atoms with Gasteiger partial charge in [0.2, 0.25) is 0 Å². The summed E-state index contributed by atoms with van der Waals surface area (Å²) in [5.74, 6) is 0. The number of hydrazine groups is 1. The molecular weight excluding hydrogens is 272 g/mol. The number of hydrogen-bond donors (Lipinski definition) is 3. The quantitative estimate of drug-likeness (QED) is 0.570. The lowest BCUT2D eigenvalue weighted by Gasteiger charge is -2.25. The Morgan fingerprint density at radius 1 is 1.38 bits per heavy atom. The van der Waals surface area contributed by atoms with Crippen molar-refractivity contribution in [1.29, 1.82) is 0 Å². The van der Waals surface area contributed by atoms with Crippen molar-refractivity contribution in [3.63, 3.8) is 0 Å². The third-order valence-corrected chi connectivity index (χ3v) is 2.67. The second kappa shape index (κ2) is 6.51. The Balaban J connectivity index is 1.83. The van der Waals surface area contributed by atoms with E-state index < -0.39 is 12.1 Å². The zero-order valence-corrected chi connectivity index (χ0v) is 11.8. The molecule has 0 aromatic heterocycles. The summed E-state index contributed by atoms with van der Waals surface area (Å²) < 4.78 is 0. The molecule has 2 rings (SSSR count). The van der Waals surface area contributed by atoms with E-state index in [0.29, 0.717) is 5.71 Å². The van der Waals surface area contributed by atoms with Crippen LogP contribution in [0.3, 0.4) is 0 Å². The maximum atomic E-state index is 11.6. The van der Waals surface area contributed by atoms with E-state index in [4.69, 9.17) is 0 Å². The zero-order valence-electron chi connectivity index (χ0n) is 11.8. The molecular formula is C13H16N6O2. The predicted molar refractivity (Wildman–Crippen MR) is 78.8 cm³/mol. The van der Waals surface area contributed by atoms with Crippen LogP contribution < -0.4 is 16.3 Å². The SMILES string of the molecule is CC1=NNC(=O)N(NC(=O)N/N=C/c2ccc(C)cc2)C1. The second-order valence-electron chi connectivity index (χ2n) is 4.57. The Kier molecular flexibility index (Phi) is 4.50. The molecule has 1 aliphatic rings. The molecule has 0 unspecified atom stereocenters. The van der Waals surface area contributed by atoms with Gasteiger partial charge in [0.1, 0.15) is 0 Å². The van der Waals surface area contributed by atoms with Crippen molar-refractivity contribution in [2.45, 2.75) is 13.8 Å². The summed E-state index contributed by atoms with van der Waals surface area (Å²) in [6.45, 7) is 3.95. The molecule has 21 heavy (non-hydrogen) atoms.